The number of nitrogens with one attached hydrogen (secondary N) is 1. The minimum absolute atomic E-state index is 0.0723. The largest absolute Gasteiger partial charge is 0.347 e. The summed E-state index contributed by atoms with van der Waals surface area (Å²) >= 11 is 5.78. The zero-order chi connectivity index (χ0) is 15.7. The Labute approximate surface area is 133 Å². The highest BCUT2D eigenvalue weighted by Crippen LogP contribution is 2.28. The Morgan fingerprint density at radius 3 is 2.91 bits per heavy atom. The lowest BCUT2D eigenvalue weighted by atomic mass is 9.98. The first kappa shape index (κ1) is 15.2. The lowest BCUT2D eigenvalue weighted by Gasteiger charge is -2.32. The molecule has 0 bridgehead atoms. The Bertz CT molecular complexity index is 608. The molecule has 1 aromatic carbocycles. The molecule has 2 saturated heterocycles. The van der Waals surface area contributed by atoms with Crippen LogP contribution < -0.4 is 5.32 Å². The van der Waals surface area contributed by atoms with Crippen molar-refractivity contribution in [1.82, 2.24) is 10.2 Å². The van der Waals surface area contributed by atoms with Crippen LogP contribution in [0.5, 0.6) is 0 Å². The van der Waals surface area contributed by atoms with Crippen molar-refractivity contribution in [3.05, 3.63) is 38.9 Å². The zero-order valence-corrected chi connectivity index (χ0v) is 12.9. The molecule has 1 N–H and O–H groups in total. The maximum absolute atomic E-state index is 12.4. The van der Waals surface area contributed by atoms with E-state index < -0.39 is 4.92 Å². The van der Waals surface area contributed by atoms with Crippen molar-refractivity contribution >= 4 is 23.2 Å². The van der Waals surface area contributed by atoms with Crippen LogP contribution in [0.25, 0.3) is 0 Å². The van der Waals surface area contributed by atoms with Crippen LogP contribution >= 0.6 is 11.6 Å². The average molecular weight is 324 g/mol. The molecule has 0 saturated carbocycles. The summed E-state index contributed by atoms with van der Waals surface area (Å²) in [6.07, 6.45) is 4.36. The standard InChI is InChI=1S/C15H18ClN3O3/c16-10-4-5-11(14(9-10)19(21)22)15(20)17-12-6-8-18-7-2-1-3-13(12)18/h4-5,9,12-13H,1-3,6-8H2,(H,17,20)/t12-,13+/m1/s1. The maximum atomic E-state index is 12.4. The van der Waals surface area contributed by atoms with E-state index in [1.165, 1.54) is 31.0 Å². The lowest BCUT2D eigenvalue weighted by molar-refractivity contribution is -0.385. The van der Waals surface area contributed by atoms with Crippen LogP contribution in [0.2, 0.25) is 5.02 Å². The van der Waals surface area contributed by atoms with Crippen LogP contribution in [0.4, 0.5) is 5.69 Å². The molecule has 7 heteroatoms. The summed E-state index contributed by atoms with van der Waals surface area (Å²) in [6, 6.07) is 4.58. The molecule has 0 unspecified atom stereocenters. The van der Waals surface area contributed by atoms with Crippen molar-refractivity contribution < 1.29 is 9.72 Å². The number of rotatable bonds is 3. The van der Waals surface area contributed by atoms with Crippen molar-refractivity contribution in [3.8, 4) is 0 Å². The average Bonchev–Trinajstić information content (AvgIpc) is 2.90. The monoisotopic (exact) mass is 323 g/mol. The predicted molar refractivity (Wildman–Crippen MR) is 83.2 cm³/mol. The van der Waals surface area contributed by atoms with Gasteiger partial charge in [0.15, 0.2) is 0 Å². The topological polar surface area (TPSA) is 75.5 Å². The van der Waals surface area contributed by atoms with E-state index in [-0.39, 0.29) is 28.2 Å². The van der Waals surface area contributed by atoms with Gasteiger partial charge in [0.05, 0.1) is 4.92 Å². The van der Waals surface area contributed by atoms with Gasteiger partial charge in [-0.15, -0.1) is 0 Å². The van der Waals surface area contributed by atoms with Crippen molar-refractivity contribution in [2.45, 2.75) is 37.8 Å². The zero-order valence-electron chi connectivity index (χ0n) is 12.1. The number of amides is 1. The number of piperidine rings is 1. The van der Waals surface area contributed by atoms with Crippen molar-refractivity contribution in [2.75, 3.05) is 13.1 Å². The van der Waals surface area contributed by atoms with Gasteiger partial charge in [-0.05, 0) is 37.9 Å². The molecule has 1 amide bonds. The van der Waals surface area contributed by atoms with Crippen LogP contribution in [0.15, 0.2) is 18.2 Å². The van der Waals surface area contributed by atoms with Crippen LogP contribution in [0.1, 0.15) is 36.0 Å². The Morgan fingerprint density at radius 1 is 1.32 bits per heavy atom. The summed E-state index contributed by atoms with van der Waals surface area (Å²) in [6.45, 7) is 2.07. The van der Waals surface area contributed by atoms with E-state index in [0.717, 1.165) is 25.9 Å². The Kier molecular flexibility index (Phi) is 4.31. The summed E-state index contributed by atoms with van der Waals surface area (Å²) in [5.74, 6) is -0.388. The van der Waals surface area contributed by atoms with Crippen molar-refractivity contribution in [3.63, 3.8) is 0 Å². The number of carbonyl (C=O) groups is 1. The highest BCUT2D eigenvalue weighted by Gasteiger charge is 2.37. The van der Waals surface area contributed by atoms with Crippen LogP contribution in [0, 0.1) is 10.1 Å². The summed E-state index contributed by atoms with van der Waals surface area (Å²) in [4.78, 5) is 25.4. The predicted octanol–water partition coefficient (Wildman–Crippen LogP) is 2.60. The van der Waals surface area contributed by atoms with Gasteiger partial charge >= 0.3 is 0 Å². The fourth-order valence-corrected chi connectivity index (χ4v) is 3.68. The molecule has 2 fully saturated rings. The molecule has 0 aromatic heterocycles. The van der Waals surface area contributed by atoms with E-state index in [0.29, 0.717) is 6.04 Å². The van der Waals surface area contributed by atoms with E-state index in [4.69, 9.17) is 11.6 Å². The SMILES string of the molecule is O=C(N[C@@H]1CCN2CCCC[C@@H]12)c1ccc(Cl)cc1[N+](=O)[O-]. The minimum atomic E-state index is -0.567. The number of nitrogens with zero attached hydrogens (tertiary/aromatic N) is 2. The van der Waals surface area contributed by atoms with Gasteiger partial charge in [-0.1, -0.05) is 18.0 Å². The highest BCUT2D eigenvalue weighted by atomic mass is 35.5. The summed E-state index contributed by atoms with van der Waals surface area (Å²) in [7, 11) is 0. The molecule has 22 heavy (non-hydrogen) atoms. The first-order valence-electron chi connectivity index (χ1n) is 7.55. The second-order valence-corrected chi connectivity index (χ2v) is 6.32. The molecule has 2 aliphatic heterocycles. The van der Waals surface area contributed by atoms with Gasteiger partial charge < -0.3 is 5.32 Å². The summed E-state index contributed by atoms with van der Waals surface area (Å²) < 4.78 is 0. The Balaban J connectivity index is 1.76. The van der Waals surface area contributed by atoms with Gasteiger partial charge in [-0.3, -0.25) is 19.8 Å². The van der Waals surface area contributed by atoms with E-state index in [1.54, 1.807) is 0 Å². The molecule has 2 aliphatic rings. The van der Waals surface area contributed by atoms with Crippen molar-refractivity contribution in [2.24, 2.45) is 0 Å². The van der Waals surface area contributed by atoms with Crippen LogP contribution in [-0.4, -0.2) is 40.9 Å². The van der Waals surface area contributed by atoms with Gasteiger partial charge in [0, 0.05) is 29.7 Å². The second kappa shape index (κ2) is 6.22. The second-order valence-electron chi connectivity index (χ2n) is 5.89. The summed E-state index contributed by atoms with van der Waals surface area (Å²) in [5.41, 5.74) is -0.174. The summed E-state index contributed by atoms with van der Waals surface area (Å²) in [5, 5.41) is 14.3. The van der Waals surface area contributed by atoms with E-state index in [9.17, 15) is 14.9 Å². The Hall–Kier alpha value is -1.66. The van der Waals surface area contributed by atoms with Gasteiger partial charge in [0.1, 0.15) is 5.56 Å². The lowest BCUT2D eigenvalue weighted by Crippen LogP contribution is -2.46. The number of carbonyl (C=O) groups excluding carboxylic acids is 1. The third-order valence-electron chi connectivity index (χ3n) is 4.57. The molecular weight excluding hydrogens is 306 g/mol. The van der Waals surface area contributed by atoms with Gasteiger partial charge in [-0.2, -0.15) is 0 Å². The molecule has 6 nitrogen and oxygen atoms in total. The van der Waals surface area contributed by atoms with Crippen molar-refractivity contribution in [1.29, 1.82) is 0 Å². The number of nitro benzene ring substituents is 1. The molecular formula is C15H18ClN3O3. The third kappa shape index (κ3) is 2.94. The molecule has 0 radical (unpaired) electrons. The van der Waals surface area contributed by atoms with Gasteiger partial charge in [0.25, 0.3) is 11.6 Å². The number of nitro groups is 1. The van der Waals surface area contributed by atoms with E-state index in [2.05, 4.69) is 10.2 Å². The molecule has 118 valence electrons. The van der Waals surface area contributed by atoms with E-state index >= 15 is 0 Å². The molecule has 2 atom stereocenters. The fourth-order valence-electron chi connectivity index (χ4n) is 3.51. The third-order valence-corrected chi connectivity index (χ3v) is 4.81. The van der Waals surface area contributed by atoms with Gasteiger partial charge in [-0.25, -0.2) is 0 Å². The first-order valence-corrected chi connectivity index (χ1v) is 7.93. The number of hydrogen-bond donors (Lipinski definition) is 1. The number of hydrogen-bond acceptors (Lipinski definition) is 4. The molecule has 0 aliphatic carbocycles. The normalized spacial score (nSPS) is 24.8. The fraction of sp³-hybridized carbons (Fsp3) is 0.533. The molecule has 2 heterocycles. The molecule has 1 aromatic rings. The Morgan fingerprint density at radius 2 is 2.14 bits per heavy atom. The maximum Gasteiger partial charge on any atom is 0.283 e. The van der Waals surface area contributed by atoms with Crippen LogP contribution in [0.3, 0.4) is 0 Å². The molecule has 3 rings (SSSR count). The number of fused-ring (bicyclic) bond motifs is 1. The smallest absolute Gasteiger partial charge is 0.283 e. The quantitative estimate of drug-likeness (QED) is 0.685. The molecule has 0 spiro atoms. The van der Waals surface area contributed by atoms with Gasteiger partial charge in [0.2, 0.25) is 0 Å². The minimum Gasteiger partial charge on any atom is -0.347 e. The highest BCUT2D eigenvalue weighted by molar-refractivity contribution is 6.31. The number of halogens is 1. The van der Waals surface area contributed by atoms with E-state index in [1.807, 2.05) is 0 Å². The van der Waals surface area contributed by atoms with Crippen LogP contribution in [-0.2, 0) is 0 Å². The number of benzene rings is 1. The first-order chi connectivity index (χ1) is 10.6.